The summed E-state index contributed by atoms with van der Waals surface area (Å²) < 4.78 is 65.9. The first-order valence-electron chi connectivity index (χ1n) is 20.6. The highest BCUT2D eigenvalue weighted by atomic mass is 15.1. The predicted octanol–water partition coefficient (Wildman–Crippen LogP) is 12.7. The summed E-state index contributed by atoms with van der Waals surface area (Å²) in [5, 5.41) is 5.73. The summed E-state index contributed by atoms with van der Waals surface area (Å²) in [6, 6.07) is 35.9. The third kappa shape index (κ3) is 3.99. The predicted molar refractivity (Wildman–Crippen MR) is 211 cm³/mol. The highest BCUT2D eigenvalue weighted by Crippen LogP contribution is 2.51. The Morgan fingerprint density at radius 2 is 1.18 bits per heavy atom. The molecule has 50 heavy (non-hydrogen) atoms. The lowest BCUT2D eigenvalue weighted by Crippen LogP contribution is -2.14. The number of fused-ring (bicyclic) bond motifs is 7. The molecule has 0 unspecified atom stereocenters. The molecular weight excluding hydrogens is 605 g/mol. The molecule has 0 amide bonds. The minimum atomic E-state index is -1.03. The smallest absolute Gasteiger partial charge is 0.114 e. The van der Waals surface area contributed by atoms with Crippen molar-refractivity contribution in [1.29, 1.82) is 0 Å². The Kier molecular flexibility index (Phi) is 4.86. The van der Waals surface area contributed by atoms with Gasteiger partial charge in [0.2, 0.25) is 0 Å². The highest BCUT2D eigenvalue weighted by Gasteiger charge is 2.35. The van der Waals surface area contributed by atoms with Crippen molar-refractivity contribution < 1.29 is 9.60 Å². The first-order chi connectivity index (χ1) is 27.5. The molecule has 0 radical (unpaired) electrons. The maximum Gasteiger partial charge on any atom is 0.114 e. The lowest BCUT2D eigenvalue weighted by atomic mass is 9.80. The second-order valence-electron chi connectivity index (χ2n) is 13.6. The number of para-hydroxylation sites is 2. The van der Waals surface area contributed by atoms with Gasteiger partial charge in [0.15, 0.2) is 0 Å². The van der Waals surface area contributed by atoms with E-state index in [9.17, 15) is 4.11 Å². The molecule has 0 spiro atoms. The van der Waals surface area contributed by atoms with Gasteiger partial charge in [-0.05, 0) is 95.7 Å². The third-order valence-electron chi connectivity index (χ3n) is 10.5. The molecule has 9 aromatic rings. The average Bonchev–Trinajstić information content (AvgIpc) is 3.72. The molecule has 0 aliphatic heterocycles. The summed E-state index contributed by atoms with van der Waals surface area (Å²) in [7, 11) is 0. The van der Waals surface area contributed by atoms with E-state index < -0.39 is 5.41 Å². The normalized spacial score (nSPS) is 15.3. The van der Waals surface area contributed by atoms with E-state index in [0.29, 0.717) is 22.3 Å². The van der Waals surface area contributed by atoms with E-state index in [4.69, 9.17) is 10.5 Å². The van der Waals surface area contributed by atoms with Crippen molar-refractivity contribution in [3.05, 3.63) is 168 Å². The number of rotatable bonds is 4. The monoisotopic (exact) mass is 647 g/mol. The van der Waals surface area contributed by atoms with Gasteiger partial charge >= 0.3 is 0 Å². The summed E-state index contributed by atoms with van der Waals surface area (Å²) in [5.74, 6) is 0.985. The minimum absolute atomic E-state index is 0.0567. The molecular formula is C48H36N2. The van der Waals surface area contributed by atoms with Gasteiger partial charge in [0.25, 0.3) is 0 Å². The van der Waals surface area contributed by atoms with Gasteiger partial charge < -0.3 is 0 Å². The van der Waals surface area contributed by atoms with E-state index in [2.05, 4.69) is 72.2 Å². The molecule has 238 valence electrons. The van der Waals surface area contributed by atoms with Crippen LogP contribution < -0.4 is 0 Å². The maximum atomic E-state index is 9.91. The van der Waals surface area contributed by atoms with Crippen LogP contribution in [0.1, 0.15) is 47.3 Å². The summed E-state index contributed by atoms with van der Waals surface area (Å²) in [5.41, 5.74) is 6.36. The number of aromatic nitrogens is 2. The zero-order valence-corrected chi connectivity index (χ0v) is 28.0. The maximum absolute atomic E-state index is 9.91. The Labute approximate surface area is 302 Å². The van der Waals surface area contributed by atoms with Crippen LogP contribution in [-0.4, -0.2) is 9.55 Å². The van der Waals surface area contributed by atoms with Gasteiger partial charge in [-0.2, -0.15) is 0 Å². The number of imidazole rings is 1. The first-order valence-corrected chi connectivity index (χ1v) is 17.1. The van der Waals surface area contributed by atoms with Crippen molar-refractivity contribution >= 4 is 43.4 Å². The molecule has 1 aromatic heterocycles. The Hall–Kier alpha value is -5.99. The minimum Gasteiger partial charge on any atom is -0.296 e. The quantitative estimate of drug-likeness (QED) is 0.174. The summed E-state index contributed by atoms with van der Waals surface area (Å²) in [4.78, 5) is 4.98. The van der Waals surface area contributed by atoms with Crippen LogP contribution in [-0.2, 0) is 11.8 Å². The second kappa shape index (κ2) is 10.8. The molecule has 0 fully saturated rings. The highest BCUT2D eigenvalue weighted by molar-refractivity contribution is 6.24. The zero-order chi connectivity index (χ0) is 39.7. The van der Waals surface area contributed by atoms with Crippen LogP contribution in [0.4, 0.5) is 0 Å². The Balaban J connectivity index is 1.29. The van der Waals surface area contributed by atoms with E-state index in [1.807, 2.05) is 62.4 Å². The summed E-state index contributed by atoms with van der Waals surface area (Å²) >= 11 is 0. The molecule has 1 aliphatic carbocycles. The largest absolute Gasteiger partial charge is 0.296 e. The zero-order valence-electron chi connectivity index (χ0n) is 35.0. The number of benzene rings is 8. The van der Waals surface area contributed by atoms with Crippen LogP contribution in [0.25, 0.3) is 82.4 Å². The third-order valence-corrected chi connectivity index (χ3v) is 10.5. The van der Waals surface area contributed by atoms with Crippen molar-refractivity contribution in [3.63, 3.8) is 0 Å². The lowest BCUT2D eigenvalue weighted by Gasteiger charge is -2.23. The van der Waals surface area contributed by atoms with Crippen molar-refractivity contribution in [2.24, 2.45) is 0 Å². The SMILES string of the molecule is [2H]c1c([2H])c([2H])c2c(c1[2H])-c1c([2H])c([2H])c(-c3c4ccccc4c(-c4ccc(-n5c(CC)nc6ccccc65)c5ccccc45)c4ccccc34)c([2H])c1C2(C)C. The van der Waals surface area contributed by atoms with Gasteiger partial charge in [-0.25, -0.2) is 4.98 Å². The van der Waals surface area contributed by atoms with Crippen LogP contribution in [0.15, 0.2) is 151 Å². The number of aryl methyl sites for hydroxylation is 1. The Morgan fingerprint density at radius 1 is 0.580 bits per heavy atom. The average molecular weight is 648 g/mol. The van der Waals surface area contributed by atoms with E-state index in [0.717, 1.165) is 72.4 Å². The Morgan fingerprint density at radius 3 is 1.90 bits per heavy atom. The number of nitrogens with zero attached hydrogens (tertiary/aromatic N) is 2. The van der Waals surface area contributed by atoms with Gasteiger partial charge in [0.1, 0.15) is 5.82 Å². The van der Waals surface area contributed by atoms with Crippen molar-refractivity contribution in [1.82, 2.24) is 9.55 Å². The summed E-state index contributed by atoms with van der Waals surface area (Å²) in [6.07, 6.45) is 0.772. The van der Waals surface area contributed by atoms with Crippen molar-refractivity contribution in [2.45, 2.75) is 32.6 Å². The standard InChI is InChI=1S/C48H36N2/c1-4-45-49-42-23-13-14-24-44(42)50(45)43-28-27-39(31-15-5-6-17-34(31)43)47-37-20-9-7-18-35(37)46(36-19-8-10-21-38(36)47)30-25-26-33-32-16-11-12-22-40(32)48(2,3)41(33)29-30/h5-29H,4H2,1-3H3/i11D,12D,16D,22D,25D,26D,29D. The Bertz CT molecular complexity index is 3180. The van der Waals surface area contributed by atoms with Crippen LogP contribution in [0.2, 0.25) is 0 Å². The molecule has 0 N–H and O–H groups in total. The van der Waals surface area contributed by atoms with Crippen molar-refractivity contribution in [2.75, 3.05) is 0 Å². The number of hydrogen-bond acceptors (Lipinski definition) is 1. The lowest BCUT2D eigenvalue weighted by molar-refractivity contribution is 0.660. The van der Waals surface area contributed by atoms with E-state index >= 15 is 0 Å². The van der Waals surface area contributed by atoms with Crippen LogP contribution in [0, 0.1) is 0 Å². The molecule has 1 heterocycles. The fraction of sp³-hybridized carbons (Fsp3) is 0.104. The van der Waals surface area contributed by atoms with E-state index in [1.54, 1.807) is 0 Å². The van der Waals surface area contributed by atoms with E-state index in [1.165, 1.54) is 0 Å². The molecule has 8 aromatic carbocycles. The van der Waals surface area contributed by atoms with Crippen LogP contribution >= 0.6 is 0 Å². The van der Waals surface area contributed by atoms with Crippen LogP contribution in [0.5, 0.6) is 0 Å². The van der Waals surface area contributed by atoms with Gasteiger partial charge in [-0.15, -0.1) is 0 Å². The molecule has 1 aliphatic rings. The van der Waals surface area contributed by atoms with Gasteiger partial charge in [0, 0.05) is 17.2 Å². The molecule has 2 nitrogen and oxygen atoms in total. The van der Waals surface area contributed by atoms with Gasteiger partial charge in [0.05, 0.1) is 26.3 Å². The van der Waals surface area contributed by atoms with Gasteiger partial charge in [-0.3, -0.25) is 4.57 Å². The molecule has 0 saturated carbocycles. The molecule has 2 heteroatoms. The van der Waals surface area contributed by atoms with Gasteiger partial charge in [-0.1, -0.05) is 148 Å². The fourth-order valence-corrected chi connectivity index (χ4v) is 8.25. The molecule has 0 saturated heterocycles. The van der Waals surface area contributed by atoms with Crippen molar-refractivity contribution in [3.8, 4) is 39.1 Å². The topological polar surface area (TPSA) is 17.8 Å². The second-order valence-corrected chi connectivity index (χ2v) is 13.6. The molecule has 0 bridgehead atoms. The number of hydrogen-bond donors (Lipinski definition) is 0. The van der Waals surface area contributed by atoms with E-state index in [-0.39, 0.29) is 53.4 Å². The first kappa shape index (κ1) is 22.6. The molecule has 10 rings (SSSR count). The van der Waals surface area contributed by atoms with Crippen LogP contribution in [0.3, 0.4) is 0 Å². The fourth-order valence-electron chi connectivity index (χ4n) is 8.25. The molecule has 0 atom stereocenters. The summed E-state index contributed by atoms with van der Waals surface area (Å²) in [6.45, 7) is 5.84.